The summed E-state index contributed by atoms with van der Waals surface area (Å²) < 4.78 is 55.7. The third-order valence-electron chi connectivity index (χ3n) is 5.19. The summed E-state index contributed by atoms with van der Waals surface area (Å²) >= 11 is 0. The Morgan fingerprint density at radius 1 is 1.09 bits per heavy atom. The predicted molar refractivity (Wildman–Crippen MR) is 118 cm³/mol. The van der Waals surface area contributed by atoms with Gasteiger partial charge in [-0.3, -0.25) is 10.1 Å². The van der Waals surface area contributed by atoms with Crippen LogP contribution in [0, 0.1) is 5.92 Å². The number of anilines is 1. The molecule has 1 fully saturated rings. The molecule has 0 spiro atoms. The summed E-state index contributed by atoms with van der Waals surface area (Å²) in [5.41, 5.74) is 0. The van der Waals surface area contributed by atoms with Crippen LogP contribution in [-0.4, -0.2) is 68.2 Å². The van der Waals surface area contributed by atoms with Crippen LogP contribution < -0.4 is 10.1 Å². The minimum absolute atomic E-state index is 0.00582. The molecule has 0 unspecified atom stereocenters. The average Bonchev–Trinajstić information content (AvgIpc) is 2.80. The molecular weight excluding hydrogens is 456 g/mol. The van der Waals surface area contributed by atoms with Crippen LogP contribution in [0.2, 0.25) is 0 Å². The Balaban J connectivity index is 1.54. The van der Waals surface area contributed by atoms with E-state index in [4.69, 9.17) is 4.74 Å². The fraction of sp³-hybridized carbons (Fsp3) is 0.450. The quantitative estimate of drug-likeness (QED) is 0.565. The highest BCUT2D eigenvalue weighted by Crippen LogP contribution is 2.25. The van der Waals surface area contributed by atoms with Crippen molar-refractivity contribution in [1.29, 1.82) is 0 Å². The van der Waals surface area contributed by atoms with E-state index in [0.29, 0.717) is 18.6 Å². The minimum Gasteiger partial charge on any atom is -0.493 e. The number of amides is 1. The van der Waals surface area contributed by atoms with Crippen LogP contribution in [-0.2, 0) is 24.7 Å². The van der Waals surface area contributed by atoms with Gasteiger partial charge in [0.25, 0.3) is 0 Å². The van der Waals surface area contributed by atoms with Gasteiger partial charge in [-0.1, -0.05) is 6.92 Å². The molecule has 1 amide bonds. The zero-order valence-electron chi connectivity index (χ0n) is 17.7. The Morgan fingerprint density at radius 2 is 1.72 bits per heavy atom. The van der Waals surface area contributed by atoms with Crippen molar-refractivity contribution in [2.75, 3.05) is 36.5 Å². The smallest absolute Gasteiger partial charge is 0.243 e. The van der Waals surface area contributed by atoms with Crippen molar-refractivity contribution in [1.82, 2.24) is 14.3 Å². The van der Waals surface area contributed by atoms with Crippen molar-refractivity contribution in [2.45, 2.75) is 24.7 Å². The number of piperidine rings is 1. The van der Waals surface area contributed by atoms with Crippen molar-refractivity contribution in [2.24, 2.45) is 5.92 Å². The molecule has 1 aromatic carbocycles. The number of carbonyl (C=O) groups is 1. The van der Waals surface area contributed by atoms with Gasteiger partial charge in [-0.15, -0.1) is 0 Å². The lowest BCUT2D eigenvalue weighted by atomic mass is 9.97. The number of sulfone groups is 1. The van der Waals surface area contributed by atoms with Crippen molar-refractivity contribution < 1.29 is 26.4 Å². The van der Waals surface area contributed by atoms with E-state index in [1.807, 2.05) is 0 Å². The van der Waals surface area contributed by atoms with E-state index < -0.39 is 19.9 Å². The molecule has 0 saturated carbocycles. The van der Waals surface area contributed by atoms with Crippen molar-refractivity contribution in [3.8, 4) is 5.75 Å². The first-order valence-electron chi connectivity index (χ1n) is 10.2. The highest BCUT2D eigenvalue weighted by atomic mass is 32.2. The second kappa shape index (κ2) is 10.4. The summed E-state index contributed by atoms with van der Waals surface area (Å²) in [5.74, 6) is 0.0326. The number of sulfonamides is 1. The summed E-state index contributed by atoms with van der Waals surface area (Å²) in [4.78, 5) is 20.4. The SMILES string of the molecule is CCS(=O)(=O)CCOc1ccc(S(=O)(=O)N2CCC(C(=O)Nc3ncccn3)CC2)cc1. The van der Waals surface area contributed by atoms with Crippen LogP contribution >= 0.6 is 0 Å². The van der Waals surface area contributed by atoms with Gasteiger partial charge in [-0.25, -0.2) is 26.8 Å². The maximum absolute atomic E-state index is 12.9. The van der Waals surface area contributed by atoms with E-state index in [-0.39, 0.29) is 53.9 Å². The van der Waals surface area contributed by atoms with Crippen LogP contribution in [0.3, 0.4) is 0 Å². The molecule has 1 N–H and O–H groups in total. The van der Waals surface area contributed by atoms with E-state index in [1.54, 1.807) is 13.0 Å². The standard InChI is InChI=1S/C20H26N4O6S2/c1-2-31(26,27)15-14-30-17-4-6-18(7-5-17)32(28,29)24-12-8-16(9-13-24)19(25)23-20-21-10-3-11-22-20/h3-7,10-11,16H,2,8-9,12-15H2,1H3,(H,21,22,23,25). The van der Waals surface area contributed by atoms with Gasteiger partial charge in [0, 0.05) is 37.2 Å². The second-order valence-electron chi connectivity index (χ2n) is 7.30. The van der Waals surface area contributed by atoms with E-state index in [9.17, 15) is 21.6 Å². The highest BCUT2D eigenvalue weighted by Gasteiger charge is 2.32. The molecule has 32 heavy (non-hydrogen) atoms. The highest BCUT2D eigenvalue weighted by molar-refractivity contribution is 7.91. The summed E-state index contributed by atoms with van der Waals surface area (Å²) in [6.07, 6.45) is 3.85. The molecule has 2 aromatic rings. The number of nitrogens with one attached hydrogen (secondary N) is 1. The molecule has 0 atom stereocenters. The van der Waals surface area contributed by atoms with E-state index in [2.05, 4.69) is 15.3 Å². The number of nitrogens with zero attached hydrogens (tertiary/aromatic N) is 3. The number of carbonyl (C=O) groups excluding carboxylic acids is 1. The largest absolute Gasteiger partial charge is 0.493 e. The number of hydrogen-bond donors (Lipinski definition) is 1. The van der Waals surface area contributed by atoms with Gasteiger partial charge in [0.05, 0.1) is 10.6 Å². The van der Waals surface area contributed by atoms with Gasteiger partial charge in [0.15, 0.2) is 9.84 Å². The molecule has 0 radical (unpaired) electrons. The monoisotopic (exact) mass is 482 g/mol. The molecule has 12 heteroatoms. The fourth-order valence-electron chi connectivity index (χ4n) is 3.22. The number of aromatic nitrogens is 2. The first kappa shape index (κ1) is 24.1. The first-order chi connectivity index (χ1) is 15.2. The number of ether oxygens (including phenoxy) is 1. The van der Waals surface area contributed by atoms with Crippen molar-refractivity contribution in [3.05, 3.63) is 42.7 Å². The lowest BCUT2D eigenvalue weighted by Gasteiger charge is -2.30. The van der Waals surface area contributed by atoms with Gasteiger partial charge in [0.2, 0.25) is 21.9 Å². The van der Waals surface area contributed by atoms with E-state index >= 15 is 0 Å². The molecule has 10 nitrogen and oxygen atoms in total. The maximum Gasteiger partial charge on any atom is 0.243 e. The third kappa shape index (κ3) is 6.24. The molecule has 1 saturated heterocycles. The molecule has 2 heterocycles. The van der Waals surface area contributed by atoms with E-state index in [1.165, 1.54) is 41.0 Å². The average molecular weight is 483 g/mol. The van der Waals surface area contributed by atoms with Crippen LogP contribution in [0.1, 0.15) is 19.8 Å². The molecule has 174 valence electrons. The lowest BCUT2D eigenvalue weighted by molar-refractivity contribution is -0.121. The third-order valence-corrected chi connectivity index (χ3v) is 8.77. The molecule has 1 aliphatic rings. The maximum atomic E-state index is 12.9. The Bertz CT molecular complexity index is 1110. The van der Waals surface area contributed by atoms with Gasteiger partial charge in [-0.05, 0) is 43.2 Å². The summed E-state index contributed by atoms with van der Waals surface area (Å²) in [7, 11) is -6.84. The van der Waals surface area contributed by atoms with E-state index in [0.717, 1.165) is 0 Å². The second-order valence-corrected chi connectivity index (χ2v) is 11.7. The zero-order valence-corrected chi connectivity index (χ0v) is 19.3. The fourth-order valence-corrected chi connectivity index (χ4v) is 5.32. The van der Waals surface area contributed by atoms with Gasteiger partial charge < -0.3 is 4.74 Å². The summed E-state index contributed by atoms with van der Waals surface area (Å²) in [6, 6.07) is 7.53. The van der Waals surface area contributed by atoms with Crippen LogP contribution in [0.5, 0.6) is 5.75 Å². The Morgan fingerprint density at radius 3 is 2.31 bits per heavy atom. The Hall–Kier alpha value is -2.57. The number of benzene rings is 1. The van der Waals surface area contributed by atoms with Gasteiger partial charge >= 0.3 is 0 Å². The molecule has 0 aliphatic carbocycles. The molecule has 1 aromatic heterocycles. The van der Waals surface area contributed by atoms with Gasteiger partial charge in [-0.2, -0.15) is 4.31 Å². The lowest BCUT2D eigenvalue weighted by Crippen LogP contribution is -2.41. The van der Waals surface area contributed by atoms with Crippen LogP contribution in [0.4, 0.5) is 5.95 Å². The van der Waals surface area contributed by atoms with Crippen molar-refractivity contribution in [3.63, 3.8) is 0 Å². The van der Waals surface area contributed by atoms with Gasteiger partial charge in [0.1, 0.15) is 12.4 Å². The zero-order chi connectivity index (χ0) is 23.2. The van der Waals surface area contributed by atoms with Crippen molar-refractivity contribution >= 4 is 31.7 Å². The molecule has 3 rings (SSSR count). The first-order valence-corrected chi connectivity index (χ1v) is 13.5. The normalized spacial score (nSPS) is 15.9. The predicted octanol–water partition coefficient (Wildman–Crippen LogP) is 1.33. The summed E-state index contributed by atoms with van der Waals surface area (Å²) in [5, 5.41) is 2.65. The van der Waals surface area contributed by atoms with Crippen LogP contribution in [0.15, 0.2) is 47.6 Å². The topological polar surface area (TPSA) is 136 Å². The molecule has 0 bridgehead atoms. The van der Waals surface area contributed by atoms with Crippen LogP contribution in [0.25, 0.3) is 0 Å². The minimum atomic E-state index is -3.71. The number of hydrogen-bond acceptors (Lipinski definition) is 8. The summed E-state index contributed by atoms with van der Waals surface area (Å²) in [6.45, 7) is 2.03. The number of rotatable bonds is 9. The molecular formula is C20H26N4O6S2. The Kier molecular flexibility index (Phi) is 7.80. The Labute approximate surface area is 188 Å². The molecule has 1 aliphatic heterocycles.